The van der Waals surface area contributed by atoms with Crippen molar-refractivity contribution in [2.24, 2.45) is 0 Å². The van der Waals surface area contributed by atoms with Crippen molar-refractivity contribution >= 4 is 0 Å². The number of aryl methyl sites for hydroxylation is 1. The number of hydrogen-bond acceptors (Lipinski definition) is 1. The average Bonchev–Trinajstić information content (AvgIpc) is 2.14. The third-order valence-electron chi connectivity index (χ3n) is 2.26. The average molecular weight is 257 g/mol. The minimum atomic E-state index is -5.94. The van der Waals surface area contributed by atoms with Gasteiger partial charge in [-0.25, -0.2) is 0 Å². The molecule has 0 N–H and O–H groups in total. The maximum Gasteiger partial charge on any atom is 0.392 e. The fourth-order valence-electron chi connectivity index (χ4n) is 1.28. The van der Waals surface area contributed by atoms with E-state index in [1.165, 1.54) is 6.92 Å². The summed E-state index contributed by atoms with van der Waals surface area (Å²) in [6.07, 6.45) is -11.9. The van der Waals surface area contributed by atoms with Crippen molar-refractivity contribution in [2.45, 2.75) is 24.9 Å². The molecule has 0 aliphatic heterocycles. The molecule has 1 aromatic rings. The smallest absolute Gasteiger partial charge is 0.392 e. The topological polar surface area (TPSA) is 23.1 Å². The minimum absolute atomic E-state index is 0.459. The van der Waals surface area contributed by atoms with E-state index in [9.17, 15) is 31.4 Å². The SMILES string of the molecule is Cc1ccc(C([O-])(C(F)(F)F)C(F)(F)F)cc1. The van der Waals surface area contributed by atoms with Crippen molar-refractivity contribution in [3.05, 3.63) is 35.4 Å². The predicted octanol–water partition coefficient (Wildman–Crippen LogP) is 2.68. The van der Waals surface area contributed by atoms with Gasteiger partial charge in [-0.2, -0.15) is 26.3 Å². The lowest BCUT2D eigenvalue weighted by molar-refractivity contribution is -0.604. The molecule has 0 radical (unpaired) electrons. The molecule has 0 aliphatic carbocycles. The fraction of sp³-hybridized carbons (Fsp3) is 0.400. The standard InChI is InChI=1S/C10H7F6O/c1-6-2-4-7(5-3-6)8(17,9(11,12)13)10(14,15)16/h2-5H,1H3/q-1. The maximum absolute atomic E-state index is 12.4. The second-order valence-electron chi connectivity index (χ2n) is 3.54. The summed E-state index contributed by atoms with van der Waals surface area (Å²) in [4.78, 5) is 0. The molecule has 0 heterocycles. The Kier molecular flexibility index (Phi) is 3.17. The van der Waals surface area contributed by atoms with Crippen LogP contribution in [-0.4, -0.2) is 12.4 Å². The number of hydrogen-bond donors (Lipinski definition) is 0. The van der Waals surface area contributed by atoms with E-state index in [0.717, 1.165) is 12.1 Å². The molecule has 1 aromatic carbocycles. The normalized spacial score (nSPS) is 13.9. The van der Waals surface area contributed by atoms with E-state index in [-0.39, 0.29) is 0 Å². The van der Waals surface area contributed by atoms with Crippen LogP contribution < -0.4 is 5.11 Å². The van der Waals surface area contributed by atoms with Gasteiger partial charge in [0.1, 0.15) is 5.60 Å². The van der Waals surface area contributed by atoms with Crippen LogP contribution in [0, 0.1) is 6.92 Å². The van der Waals surface area contributed by atoms with Gasteiger partial charge in [0.15, 0.2) is 0 Å². The van der Waals surface area contributed by atoms with Crippen LogP contribution >= 0.6 is 0 Å². The Morgan fingerprint density at radius 1 is 0.824 bits per heavy atom. The number of alkyl halides is 6. The van der Waals surface area contributed by atoms with Crippen LogP contribution in [0.15, 0.2) is 24.3 Å². The van der Waals surface area contributed by atoms with E-state index >= 15 is 0 Å². The first-order chi connectivity index (χ1) is 7.50. The molecule has 0 aromatic heterocycles. The number of halogens is 6. The molecule has 96 valence electrons. The molecule has 0 saturated heterocycles. The molecule has 0 bridgehead atoms. The van der Waals surface area contributed by atoms with E-state index in [1.54, 1.807) is 0 Å². The van der Waals surface area contributed by atoms with Crippen molar-refractivity contribution in [2.75, 3.05) is 0 Å². The van der Waals surface area contributed by atoms with E-state index in [2.05, 4.69) is 0 Å². The van der Waals surface area contributed by atoms with Gasteiger partial charge in [-0.15, -0.1) is 0 Å². The second kappa shape index (κ2) is 3.90. The molecule has 0 atom stereocenters. The Hall–Kier alpha value is -1.24. The highest BCUT2D eigenvalue weighted by Gasteiger charge is 2.62. The van der Waals surface area contributed by atoms with Gasteiger partial charge in [-0.1, -0.05) is 29.8 Å². The van der Waals surface area contributed by atoms with Gasteiger partial charge in [0.25, 0.3) is 0 Å². The Morgan fingerprint density at radius 3 is 1.47 bits per heavy atom. The molecule has 0 aliphatic rings. The molecule has 0 fully saturated rings. The van der Waals surface area contributed by atoms with Gasteiger partial charge >= 0.3 is 12.4 Å². The van der Waals surface area contributed by atoms with Gasteiger partial charge in [0.05, 0.1) is 0 Å². The van der Waals surface area contributed by atoms with Gasteiger partial charge in [-0.3, -0.25) is 0 Å². The van der Waals surface area contributed by atoms with Crippen molar-refractivity contribution in [3.8, 4) is 0 Å². The maximum atomic E-state index is 12.4. The Bertz CT molecular complexity index is 375. The van der Waals surface area contributed by atoms with E-state index in [1.807, 2.05) is 0 Å². The summed E-state index contributed by atoms with van der Waals surface area (Å²) in [5, 5.41) is 11.2. The first-order valence-electron chi connectivity index (χ1n) is 4.41. The van der Waals surface area contributed by atoms with Crippen molar-refractivity contribution in [1.29, 1.82) is 0 Å². The summed E-state index contributed by atoms with van der Waals surface area (Å²) < 4.78 is 74.1. The molecule has 17 heavy (non-hydrogen) atoms. The first kappa shape index (κ1) is 13.8. The van der Waals surface area contributed by atoms with E-state index in [4.69, 9.17) is 0 Å². The summed E-state index contributed by atoms with van der Waals surface area (Å²) >= 11 is 0. The van der Waals surface area contributed by atoms with Crippen LogP contribution in [0.4, 0.5) is 26.3 Å². The summed E-state index contributed by atoms with van der Waals surface area (Å²) in [6.45, 7) is 1.48. The van der Waals surface area contributed by atoms with Crippen LogP contribution in [0.3, 0.4) is 0 Å². The molecule has 1 nitrogen and oxygen atoms in total. The van der Waals surface area contributed by atoms with Gasteiger partial charge in [-0.05, 0) is 12.5 Å². The van der Waals surface area contributed by atoms with Gasteiger partial charge in [0.2, 0.25) is 0 Å². The summed E-state index contributed by atoms with van der Waals surface area (Å²) in [5.41, 5.74) is -5.99. The first-order valence-corrected chi connectivity index (χ1v) is 4.41. The van der Waals surface area contributed by atoms with Gasteiger partial charge in [0, 0.05) is 0 Å². The van der Waals surface area contributed by atoms with Crippen LogP contribution in [0.1, 0.15) is 11.1 Å². The monoisotopic (exact) mass is 257 g/mol. The molecule has 0 amide bonds. The highest BCUT2D eigenvalue weighted by molar-refractivity contribution is 5.29. The molecule has 7 heteroatoms. The third-order valence-corrected chi connectivity index (χ3v) is 2.26. The van der Waals surface area contributed by atoms with Crippen molar-refractivity contribution in [3.63, 3.8) is 0 Å². The summed E-state index contributed by atoms with van der Waals surface area (Å²) in [7, 11) is 0. The highest BCUT2D eigenvalue weighted by Crippen LogP contribution is 2.47. The molecule has 1 rings (SSSR count). The van der Waals surface area contributed by atoms with Crippen LogP contribution in [0.5, 0.6) is 0 Å². The van der Waals surface area contributed by atoms with Crippen LogP contribution in [-0.2, 0) is 5.60 Å². The predicted molar refractivity (Wildman–Crippen MR) is 45.0 cm³/mol. The number of rotatable bonds is 1. The summed E-state index contributed by atoms with van der Waals surface area (Å²) in [5.74, 6) is 0. The van der Waals surface area contributed by atoms with E-state index in [0.29, 0.717) is 17.7 Å². The van der Waals surface area contributed by atoms with Crippen molar-refractivity contribution < 1.29 is 31.4 Å². The summed E-state index contributed by atoms with van der Waals surface area (Å²) in [6, 6.07) is 3.14. The molecule has 0 saturated carbocycles. The Balaban J connectivity index is 3.41. The van der Waals surface area contributed by atoms with E-state index < -0.39 is 23.5 Å². The largest absolute Gasteiger partial charge is 0.833 e. The second-order valence-corrected chi connectivity index (χ2v) is 3.54. The lowest BCUT2D eigenvalue weighted by Gasteiger charge is -2.43. The molecular weight excluding hydrogens is 250 g/mol. The number of benzene rings is 1. The quantitative estimate of drug-likeness (QED) is 0.709. The van der Waals surface area contributed by atoms with Gasteiger partial charge < -0.3 is 5.11 Å². The van der Waals surface area contributed by atoms with Crippen molar-refractivity contribution in [1.82, 2.24) is 0 Å². The lowest BCUT2D eigenvalue weighted by Crippen LogP contribution is -2.63. The minimum Gasteiger partial charge on any atom is -0.833 e. The molecule has 0 unspecified atom stereocenters. The van der Waals surface area contributed by atoms with Crippen LogP contribution in [0.2, 0.25) is 0 Å². The zero-order valence-corrected chi connectivity index (χ0v) is 8.49. The Labute approximate surface area is 92.7 Å². The Morgan fingerprint density at radius 2 is 1.18 bits per heavy atom. The van der Waals surface area contributed by atoms with Crippen LogP contribution in [0.25, 0.3) is 0 Å². The molecule has 0 spiro atoms. The fourth-order valence-corrected chi connectivity index (χ4v) is 1.28. The zero-order chi connectivity index (χ0) is 13.5. The molecular formula is C10H7F6O-. The highest BCUT2D eigenvalue weighted by atomic mass is 19.4. The third kappa shape index (κ3) is 2.24. The zero-order valence-electron chi connectivity index (χ0n) is 8.49. The lowest BCUT2D eigenvalue weighted by atomic mass is 9.92.